The molecule has 15 heavy (non-hydrogen) atoms. The molecule has 82 valence electrons. The van der Waals surface area contributed by atoms with Crippen molar-refractivity contribution >= 4 is 5.69 Å². The molecular formula is C11H15NO3. The maximum Gasteiger partial charge on any atom is 0.272 e. The Labute approximate surface area is 89.0 Å². The lowest BCUT2D eigenvalue weighted by Gasteiger charge is -2.11. The van der Waals surface area contributed by atoms with Crippen LogP contribution in [0.2, 0.25) is 0 Å². The first-order chi connectivity index (χ1) is 7.15. The molecule has 1 atom stereocenters. The van der Waals surface area contributed by atoms with Crippen molar-refractivity contribution in [1.82, 2.24) is 0 Å². The molecule has 0 aliphatic heterocycles. The molecule has 4 nitrogen and oxygen atoms in total. The van der Waals surface area contributed by atoms with Crippen LogP contribution in [-0.4, -0.2) is 17.6 Å². The van der Waals surface area contributed by atoms with E-state index < -0.39 is 0 Å². The second kappa shape index (κ2) is 5.46. The van der Waals surface area contributed by atoms with E-state index in [0.717, 1.165) is 5.56 Å². The van der Waals surface area contributed by atoms with Gasteiger partial charge in [0.15, 0.2) is 0 Å². The summed E-state index contributed by atoms with van der Waals surface area (Å²) >= 11 is 0. The molecule has 0 saturated heterocycles. The molecule has 0 fully saturated rings. The van der Waals surface area contributed by atoms with Crippen LogP contribution in [0.25, 0.3) is 0 Å². The van der Waals surface area contributed by atoms with Crippen LogP contribution in [0.15, 0.2) is 24.3 Å². The Bertz CT molecular complexity index is 338. The highest BCUT2D eigenvalue weighted by molar-refractivity contribution is 5.40. The lowest BCUT2D eigenvalue weighted by atomic mass is 10.1. The molecule has 0 heterocycles. The van der Waals surface area contributed by atoms with Crippen LogP contribution in [0.4, 0.5) is 5.69 Å². The molecule has 1 aromatic rings. The third-order valence-electron chi connectivity index (χ3n) is 2.15. The zero-order valence-electron chi connectivity index (χ0n) is 8.97. The largest absolute Gasteiger partial charge is 0.378 e. The van der Waals surface area contributed by atoms with E-state index in [4.69, 9.17) is 4.74 Å². The molecule has 0 bridgehead atoms. The topological polar surface area (TPSA) is 52.4 Å². The second-order valence-corrected chi connectivity index (χ2v) is 3.36. The Morgan fingerprint density at radius 3 is 2.73 bits per heavy atom. The molecule has 0 saturated carbocycles. The Morgan fingerprint density at radius 1 is 1.47 bits per heavy atom. The quantitative estimate of drug-likeness (QED) is 0.553. The fourth-order valence-corrected chi connectivity index (χ4v) is 1.51. The van der Waals surface area contributed by atoms with E-state index in [0.29, 0.717) is 13.0 Å². The van der Waals surface area contributed by atoms with Gasteiger partial charge < -0.3 is 4.74 Å². The third-order valence-corrected chi connectivity index (χ3v) is 2.15. The van der Waals surface area contributed by atoms with Crippen molar-refractivity contribution in [3.63, 3.8) is 0 Å². The van der Waals surface area contributed by atoms with E-state index in [9.17, 15) is 10.1 Å². The Morgan fingerprint density at radius 2 is 2.13 bits per heavy atom. The van der Waals surface area contributed by atoms with E-state index in [1.807, 2.05) is 13.8 Å². The summed E-state index contributed by atoms with van der Waals surface area (Å²) < 4.78 is 5.36. The molecule has 0 N–H and O–H groups in total. The van der Waals surface area contributed by atoms with Gasteiger partial charge in [-0.3, -0.25) is 10.1 Å². The number of hydrogen-bond donors (Lipinski definition) is 0. The number of hydrogen-bond acceptors (Lipinski definition) is 3. The number of nitro benzene ring substituents is 1. The number of benzene rings is 1. The van der Waals surface area contributed by atoms with Gasteiger partial charge in [-0.25, -0.2) is 0 Å². The van der Waals surface area contributed by atoms with Crippen LogP contribution in [0, 0.1) is 10.1 Å². The average Bonchev–Trinajstić information content (AvgIpc) is 2.18. The lowest BCUT2D eigenvalue weighted by molar-refractivity contribution is -0.385. The first-order valence-electron chi connectivity index (χ1n) is 4.99. The highest BCUT2D eigenvalue weighted by Gasteiger charge is 2.14. The molecule has 0 radical (unpaired) electrons. The Hall–Kier alpha value is -1.42. The summed E-state index contributed by atoms with van der Waals surface area (Å²) in [5, 5.41) is 10.7. The number of nitro groups is 1. The molecule has 1 unspecified atom stereocenters. The third kappa shape index (κ3) is 3.32. The van der Waals surface area contributed by atoms with Gasteiger partial charge in [-0.05, 0) is 13.8 Å². The van der Waals surface area contributed by atoms with Crippen LogP contribution in [0.5, 0.6) is 0 Å². The highest BCUT2D eigenvalue weighted by atomic mass is 16.6. The average molecular weight is 209 g/mol. The van der Waals surface area contributed by atoms with Crippen LogP contribution in [-0.2, 0) is 11.2 Å². The summed E-state index contributed by atoms with van der Waals surface area (Å²) in [6, 6.07) is 6.77. The van der Waals surface area contributed by atoms with Gasteiger partial charge >= 0.3 is 0 Å². The van der Waals surface area contributed by atoms with Crippen LogP contribution in [0.3, 0.4) is 0 Å². The van der Waals surface area contributed by atoms with Crippen molar-refractivity contribution in [2.24, 2.45) is 0 Å². The van der Waals surface area contributed by atoms with E-state index >= 15 is 0 Å². The fraction of sp³-hybridized carbons (Fsp3) is 0.455. The summed E-state index contributed by atoms with van der Waals surface area (Å²) in [5.41, 5.74) is 0.896. The van der Waals surface area contributed by atoms with E-state index in [-0.39, 0.29) is 16.7 Å². The van der Waals surface area contributed by atoms with Gasteiger partial charge in [0.25, 0.3) is 5.69 Å². The maximum atomic E-state index is 10.7. The molecular weight excluding hydrogens is 194 g/mol. The van der Waals surface area contributed by atoms with Gasteiger partial charge in [-0.1, -0.05) is 18.2 Å². The van der Waals surface area contributed by atoms with Crippen molar-refractivity contribution in [1.29, 1.82) is 0 Å². The van der Waals surface area contributed by atoms with Crippen LogP contribution < -0.4 is 0 Å². The number of nitrogens with zero attached hydrogens (tertiary/aromatic N) is 1. The molecule has 0 aromatic heterocycles. The number of ether oxygens (including phenoxy) is 1. The minimum atomic E-state index is -0.353. The van der Waals surface area contributed by atoms with Gasteiger partial charge in [0.05, 0.1) is 11.0 Å². The predicted octanol–water partition coefficient (Wildman–Crippen LogP) is 2.56. The smallest absolute Gasteiger partial charge is 0.272 e. The molecule has 4 heteroatoms. The zero-order chi connectivity index (χ0) is 11.3. The molecule has 0 spiro atoms. The van der Waals surface area contributed by atoms with Gasteiger partial charge in [0.1, 0.15) is 0 Å². The van der Waals surface area contributed by atoms with Crippen molar-refractivity contribution in [2.45, 2.75) is 26.4 Å². The summed E-state index contributed by atoms with van der Waals surface area (Å²) in [5.74, 6) is 0. The molecule has 1 aromatic carbocycles. The number of para-hydroxylation sites is 1. The zero-order valence-corrected chi connectivity index (χ0v) is 8.97. The summed E-state index contributed by atoms with van der Waals surface area (Å²) in [4.78, 5) is 10.4. The lowest BCUT2D eigenvalue weighted by Crippen LogP contribution is -2.12. The Balaban J connectivity index is 2.79. The fourth-order valence-electron chi connectivity index (χ4n) is 1.51. The minimum absolute atomic E-state index is 0.0103. The van der Waals surface area contributed by atoms with Crippen LogP contribution >= 0.6 is 0 Å². The van der Waals surface area contributed by atoms with Crippen LogP contribution in [0.1, 0.15) is 19.4 Å². The maximum absolute atomic E-state index is 10.7. The molecule has 0 aliphatic rings. The van der Waals surface area contributed by atoms with Gasteiger partial charge in [0.2, 0.25) is 0 Å². The van der Waals surface area contributed by atoms with E-state index in [1.165, 1.54) is 6.07 Å². The van der Waals surface area contributed by atoms with Gasteiger partial charge in [-0.15, -0.1) is 0 Å². The van der Waals surface area contributed by atoms with E-state index in [2.05, 4.69) is 0 Å². The number of rotatable bonds is 5. The van der Waals surface area contributed by atoms with Crippen molar-refractivity contribution in [3.05, 3.63) is 39.9 Å². The van der Waals surface area contributed by atoms with Crippen molar-refractivity contribution in [3.8, 4) is 0 Å². The molecule has 0 amide bonds. The molecule has 1 rings (SSSR count). The summed E-state index contributed by atoms with van der Waals surface area (Å²) in [7, 11) is 0. The Kier molecular flexibility index (Phi) is 4.24. The summed E-state index contributed by atoms with van der Waals surface area (Å²) in [6.45, 7) is 4.46. The van der Waals surface area contributed by atoms with Crippen molar-refractivity contribution < 1.29 is 9.66 Å². The predicted molar refractivity (Wildman–Crippen MR) is 57.9 cm³/mol. The molecule has 0 aliphatic carbocycles. The SMILES string of the molecule is CCOC(C)Cc1ccccc1[N+](=O)[O-]. The van der Waals surface area contributed by atoms with E-state index in [1.54, 1.807) is 18.2 Å². The highest BCUT2D eigenvalue weighted by Crippen LogP contribution is 2.19. The van der Waals surface area contributed by atoms with Gasteiger partial charge in [0, 0.05) is 24.7 Å². The second-order valence-electron chi connectivity index (χ2n) is 3.36. The summed E-state index contributed by atoms with van der Waals surface area (Å²) in [6.07, 6.45) is 0.585. The minimum Gasteiger partial charge on any atom is -0.378 e. The first-order valence-corrected chi connectivity index (χ1v) is 4.99. The van der Waals surface area contributed by atoms with Gasteiger partial charge in [-0.2, -0.15) is 0 Å². The monoisotopic (exact) mass is 209 g/mol. The van der Waals surface area contributed by atoms with Crippen molar-refractivity contribution in [2.75, 3.05) is 6.61 Å². The standard InChI is InChI=1S/C11H15NO3/c1-3-15-9(2)8-10-6-4-5-7-11(10)12(13)14/h4-7,9H,3,8H2,1-2H3. The first kappa shape index (κ1) is 11.7. The normalized spacial score (nSPS) is 12.4.